The number of carbonyl (C=O) groups is 1. The standard InChI is InChI=1S/C17H18ClNO2/c1-12-3-8-16(13(2)11-12)17(20)19-9-10-21-15-6-4-14(18)5-7-15/h3-8,11H,9-10H2,1-2H3,(H,19,20). The molecule has 0 unspecified atom stereocenters. The maximum absolute atomic E-state index is 12.0. The first-order valence-corrected chi connectivity index (χ1v) is 7.18. The highest BCUT2D eigenvalue weighted by Crippen LogP contribution is 2.15. The van der Waals surface area contributed by atoms with E-state index >= 15 is 0 Å². The summed E-state index contributed by atoms with van der Waals surface area (Å²) >= 11 is 5.80. The van der Waals surface area contributed by atoms with Crippen molar-refractivity contribution >= 4 is 17.5 Å². The van der Waals surface area contributed by atoms with Crippen LogP contribution in [0, 0.1) is 13.8 Å². The minimum Gasteiger partial charge on any atom is -0.492 e. The first-order valence-electron chi connectivity index (χ1n) is 6.80. The monoisotopic (exact) mass is 303 g/mol. The normalized spacial score (nSPS) is 10.2. The van der Waals surface area contributed by atoms with E-state index < -0.39 is 0 Å². The van der Waals surface area contributed by atoms with E-state index in [1.54, 1.807) is 24.3 Å². The van der Waals surface area contributed by atoms with Gasteiger partial charge in [0.25, 0.3) is 5.91 Å². The lowest BCUT2D eigenvalue weighted by Gasteiger charge is -2.09. The summed E-state index contributed by atoms with van der Waals surface area (Å²) in [4.78, 5) is 12.0. The number of carbonyl (C=O) groups excluding carboxylic acids is 1. The Morgan fingerprint density at radius 2 is 1.86 bits per heavy atom. The molecule has 0 aliphatic heterocycles. The third-order valence-electron chi connectivity index (χ3n) is 3.10. The molecular weight excluding hydrogens is 286 g/mol. The zero-order chi connectivity index (χ0) is 15.2. The molecule has 0 fully saturated rings. The number of amides is 1. The van der Waals surface area contributed by atoms with Crippen molar-refractivity contribution in [1.29, 1.82) is 0 Å². The summed E-state index contributed by atoms with van der Waals surface area (Å²) in [5, 5.41) is 3.52. The molecule has 21 heavy (non-hydrogen) atoms. The number of hydrogen-bond acceptors (Lipinski definition) is 2. The Labute approximate surface area is 129 Å². The van der Waals surface area contributed by atoms with E-state index in [1.165, 1.54) is 0 Å². The van der Waals surface area contributed by atoms with Crippen LogP contribution in [0.1, 0.15) is 21.5 Å². The van der Waals surface area contributed by atoms with Gasteiger partial charge < -0.3 is 10.1 Å². The fourth-order valence-corrected chi connectivity index (χ4v) is 2.15. The largest absolute Gasteiger partial charge is 0.492 e. The van der Waals surface area contributed by atoms with E-state index in [0.29, 0.717) is 23.7 Å². The Morgan fingerprint density at radius 1 is 1.14 bits per heavy atom. The first-order chi connectivity index (χ1) is 10.1. The number of aryl methyl sites for hydroxylation is 2. The van der Waals surface area contributed by atoms with Crippen LogP contribution in [0.4, 0.5) is 0 Å². The van der Waals surface area contributed by atoms with Gasteiger partial charge in [-0.1, -0.05) is 29.3 Å². The molecule has 0 heterocycles. The van der Waals surface area contributed by atoms with E-state index in [1.807, 2.05) is 32.0 Å². The van der Waals surface area contributed by atoms with E-state index in [9.17, 15) is 4.79 Å². The molecule has 0 saturated carbocycles. The predicted molar refractivity (Wildman–Crippen MR) is 85.2 cm³/mol. The molecule has 0 aliphatic rings. The Balaban J connectivity index is 1.80. The number of nitrogens with one attached hydrogen (secondary N) is 1. The number of rotatable bonds is 5. The highest BCUT2D eigenvalue weighted by molar-refractivity contribution is 6.30. The minimum absolute atomic E-state index is 0.0767. The molecule has 4 heteroatoms. The van der Waals surface area contributed by atoms with Crippen molar-refractivity contribution in [3.63, 3.8) is 0 Å². The van der Waals surface area contributed by atoms with Gasteiger partial charge in [-0.3, -0.25) is 4.79 Å². The molecule has 0 spiro atoms. The smallest absolute Gasteiger partial charge is 0.251 e. The molecule has 3 nitrogen and oxygen atoms in total. The predicted octanol–water partition coefficient (Wildman–Crippen LogP) is 3.77. The molecule has 1 N–H and O–H groups in total. The van der Waals surface area contributed by atoms with E-state index in [-0.39, 0.29) is 5.91 Å². The summed E-state index contributed by atoms with van der Waals surface area (Å²) in [6.07, 6.45) is 0. The number of hydrogen-bond donors (Lipinski definition) is 1. The number of benzene rings is 2. The summed E-state index contributed by atoms with van der Waals surface area (Å²) in [6, 6.07) is 12.9. The highest BCUT2D eigenvalue weighted by Gasteiger charge is 2.08. The second-order valence-electron chi connectivity index (χ2n) is 4.88. The molecule has 0 radical (unpaired) electrons. The Kier molecular flexibility index (Phi) is 5.23. The first kappa shape index (κ1) is 15.4. The van der Waals surface area contributed by atoms with E-state index in [4.69, 9.17) is 16.3 Å². The molecule has 2 aromatic carbocycles. The second-order valence-corrected chi connectivity index (χ2v) is 5.31. The van der Waals surface area contributed by atoms with Crippen LogP contribution in [0.15, 0.2) is 42.5 Å². The van der Waals surface area contributed by atoms with Crippen LogP contribution in [0.5, 0.6) is 5.75 Å². The lowest BCUT2D eigenvalue weighted by Crippen LogP contribution is -2.28. The van der Waals surface area contributed by atoms with Gasteiger partial charge >= 0.3 is 0 Å². The topological polar surface area (TPSA) is 38.3 Å². The third-order valence-corrected chi connectivity index (χ3v) is 3.35. The van der Waals surface area contributed by atoms with Crippen molar-refractivity contribution in [1.82, 2.24) is 5.32 Å². The quantitative estimate of drug-likeness (QED) is 0.854. The molecule has 0 saturated heterocycles. The van der Waals surface area contributed by atoms with Gasteiger partial charge in [-0.15, -0.1) is 0 Å². The molecule has 0 bridgehead atoms. The molecule has 0 aromatic heterocycles. The fourth-order valence-electron chi connectivity index (χ4n) is 2.03. The molecule has 0 atom stereocenters. The van der Waals surface area contributed by atoms with Crippen LogP contribution in [-0.2, 0) is 0 Å². The van der Waals surface area contributed by atoms with Crippen LogP contribution in [-0.4, -0.2) is 19.1 Å². The Hall–Kier alpha value is -2.00. The minimum atomic E-state index is -0.0767. The van der Waals surface area contributed by atoms with Gasteiger partial charge in [-0.2, -0.15) is 0 Å². The van der Waals surface area contributed by atoms with Gasteiger partial charge in [-0.25, -0.2) is 0 Å². The van der Waals surface area contributed by atoms with Crippen molar-refractivity contribution in [2.75, 3.05) is 13.2 Å². The maximum atomic E-state index is 12.0. The lowest BCUT2D eigenvalue weighted by atomic mass is 10.1. The number of ether oxygens (including phenoxy) is 1. The van der Waals surface area contributed by atoms with E-state index in [2.05, 4.69) is 5.32 Å². The SMILES string of the molecule is Cc1ccc(C(=O)NCCOc2ccc(Cl)cc2)c(C)c1. The van der Waals surface area contributed by atoms with Crippen LogP contribution in [0.2, 0.25) is 5.02 Å². The zero-order valence-electron chi connectivity index (χ0n) is 12.2. The van der Waals surface area contributed by atoms with E-state index in [0.717, 1.165) is 16.9 Å². The van der Waals surface area contributed by atoms with Crippen LogP contribution >= 0.6 is 11.6 Å². The summed E-state index contributed by atoms with van der Waals surface area (Å²) in [7, 11) is 0. The van der Waals surface area contributed by atoms with Gasteiger partial charge in [0.05, 0.1) is 6.54 Å². The summed E-state index contributed by atoms with van der Waals surface area (Å²) in [6.45, 7) is 4.81. The lowest BCUT2D eigenvalue weighted by molar-refractivity contribution is 0.0946. The zero-order valence-corrected chi connectivity index (χ0v) is 12.9. The Bertz CT molecular complexity index is 623. The molecule has 2 aromatic rings. The second kappa shape index (κ2) is 7.14. The molecule has 2 rings (SSSR count). The summed E-state index contributed by atoms with van der Waals surface area (Å²) in [5.74, 6) is 0.660. The summed E-state index contributed by atoms with van der Waals surface area (Å²) < 4.78 is 5.52. The van der Waals surface area contributed by atoms with Gasteiger partial charge in [-0.05, 0) is 49.7 Å². The van der Waals surface area contributed by atoms with Crippen LogP contribution < -0.4 is 10.1 Å². The average molecular weight is 304 g/mol. The number of halogens is 1. The van der Waals surface area contributed by atoms with Gasteiger partial charge in [0.15, 0.2) is 0 Å². The van der Waals surface area contributed by atoms with Gasteiger partial charge in [0.2, 0.25) is 0 Å². The highest BCUT2D eigenvalue weighted by atomic mass is 35.5. The molecular formula is C17H18ClNO2. The molecule has 110 valence electrons. The maximum Gasteiger partial charge on any atom is 0.251 e. The average Bonchev–Trinajstić information content (AvgIpc) is 2.45. The molecule has 0 aliphatic carbocycles. The van der Waals surface area contributed by atoms with Gasteiger partial charge in [0, 0.05) is 10.6 Å². The van der Waals surface area contributed by atoms with Crippen molar-refractivity contribution < 1.29 is 9.53 Å². The van der Waals surface area contributed by atoms with Crippen molar-refractivity contribution in [3.05, 3.63) is 64.2 Å². The Morgan fingerprint density at radius 3 is 2.52 bits per heavy atom. The van der Waals surface area contributed by atoms with Crippen molar-refractivity contribution in [2.45, 2.75) is 13.8 Å². The van der Waals surface area contributed by atoms with Gasteiger partial charge in [0.1, 0.15) is 12.4 Å². The summed E-state index contributed by atoms with van der Waals surface area (Å²) in [5.41, 5.74) is 2.83. The third kappa shape index (κ3) is 4.50. The van der Waals surface area contributed by atoms with Crippen molar-refractivity contribution in [3.8, 4) is 5.75 Å². The fraction of sp³-hybridized carbons (Fsp3) is 0.235. The molecule has 1 amide bonds. The van der Waals surface area contributed by atoms with Crippen LogP contribution in [0.25, 0.3) is 0 Å². The van der Waals surface area contributed by atoms with Crippen LogP contribution in [0.3, 0.4) is 0 Å². The van der Waals surface area contributed by atoms with Crippen molar-refractivity contribution in [2.24, 2.45) is 0 Å².